The fourth-order valence-electron chi connectivity index (χ4n) is 4.13. The SMILES string of the molecule is CC1=C[C@@H]2CCC[C@@]23CCC(=O)[C@@H]13. The Balaban J connectivity index is 2.09. The molecule has 0 aromatic rings. The van der Waals surface area contributed by atoms with E-state index < -0.39 is 0 Å². The average Bonchev–Trinajstić information content (AvgIpc) is 2.65. The number of carbonyl (C=O) groups excluding carboxylic acids is 1. The highest BCUT2D eigenvalue weighted by Gasteiger charge is 2.57. The largest absolute Gasteiger partial charge is 0.299 e. The number of Topliss-reactive ketones (excluding diaryl/α,β-unsaturated/α-hetero) is 1. The molecule has 3 rings (SSSR count). The normalized spacial score (nSPS) is 47.8. The maximum Gasteiger partial charge on any atom is 0.140 e. The first-order chi connectivity index (χ1) is 6.24. The van der Waals surface area contributed by atoms with Crippen LogP contribution in [0.5, 0.6) is 0 Å². The average molecular weight is 176 g/mol. The molecule has 1 nitrogen and oxygen atoms in total. The van der Waals surface area contributed by atoms with E-state index in [9.17, 15) is 4.79 Å². The van der Waals surface area contributed by atoms with Gasteiger partial charge in [-0.1, -0.05) is 18.1 Å². The first kappa shape index (κ1) is 7.78. The molecular formula is C12H16O. The van der Waals surface area contributed by atoms with Gasteiger partial charge in [0, 0.05) is 12.3 Å². The van der Waals surface area contributed by atoms with Crippen molar-refractivity contribution in [2.45, 2.75) is 39.0 Å². The maximum atomic E-state index is 11.8. The van der Waals surface area contributed by atoms with Crippen molar-refractivity contribution in [1.29, 1.82) is 0 Å². The summed E-state index contributed by atoms with van der Waals surface area (Å²) in [6.07, 6.45) is 8.41. The van der Waals surface area contributed by atoms with E-state index >= 15 is 0 Å². The van der Waals surface area contributed by atoms with Gasteiger partial charge >= 0.3 is 0 Å². The third kappa shape index (κ3) is 0.762. The van der Waals surface area contributed by atoms with Crippen molar-refractivity contribution in [2.24, 2.45) is 17.3 Å². The number of carbonyl (C=O) groups is 1. The molecule has 3 aliphatic rings. The highest BCUT2D eigenvalue weighted by Crippen LogP contribution is 2.62. The Labute approximate surface area is 79.2 Å². The molecule has 0 bridgehead atoms. The summed E-state index contributed by atoms with van der Waals surface area (Å²) in [6.45, 7) is 2.16. The van der Waals surface area contributed by atoms with E-state index in [1.54, 1.807) is 0 Å². The molecule has 0 unspecified atom stereocenters. The van der Waals surface area contributed by atoms with Gasteiger partial charge in [-0.25, -0.2) is 0 Å². The molecule has 0 radical (unpaired) electrons. The van der Waals surface area contributed by atoms with Gasteiger partial charge in [0.15, 0.2) is 0 Å². The van der Waals surface area contributed by atoms with Crippen molar-refractivity contribution in [3.63, 3.8) is 0 Å². The van der Waals surface area contributed by atoms with Gasteiger partial charge in [-0.2, -0.15) is 0 Å². The molecule has 0 aromatic carbocycles. The number of rotatable bonds is 0. The van der Waals surface area contributed by atoms with Gasteiger partial charge < -0.3 is 0 Å². The van der Waals surface area contributed by atoms with Gasteiger partial charge in [0.2, 0.25) is 0 Å². The molecular weight excluding hydrogens is 160 g/mol. The van der Waals surface area contributed by atoms with E-state index in [0.717, 1.165) is 12.3 Å². The number of hydrogen-bond donors (Lipinski definition) is 0. The molecule has 0 heterocycles. The molecule has 2 saturated carbocycles. The smallest absolute Gasteiger partial charge is 0.140 e. The molecule has 0 aromatic heterocycles. The third-order valence-corrected chi connectivity index (χ3v) is 4.55. The molecule has 0 N–H and O–H groups in total. The van der Waals surface area contributed by atoms with Crippen molar-refractivity contribution in [3.8, 4) is 0 Å². The Morgan fingerprint density at radius 3 is 3.15 bits per heavy atom. The van der Waals surface area contributed by atoms with E-state index in [4.69, 9.17) is 0 Å². The highest BCUT2D eigenvalue weighted by molar-refractivity contribution is 5.88. The Morgan fingerprint density at radius 1 is 1.46 bits per heavy atom. The summed E-state index contributed by atoms with van der Waals surface area (Å²) in [5, 5.41) is 0. The van der Waals surface area contributed by atoms with Gasteiger partial charge in [0.25, 0.3) is 0 Å². The Kier molecular flexibility index (Phi) is 1.35. The summed E-state index contributed by atoms with van der Waals surface area (Å²) >= 11 is 0. The van der Waals surface area contributed by atoms with Crippen molar-refractivity contribution >= 4 is 5.78 Å². The summed E-state index contributed by atoms with van der Waals surface area (Å²) in [5.74, 6) is 1.61. The monoisotopic (exact) mass is 176 g/mol. The van der Waals surface area contributed by atoms with Crippen molar-refractivity contribution in [3.05, 3.63) is 11.6 Å². The summed E-state index contributed by atoms with van der Waals surface area (Å²) in [5.41, 5.74) is 1.80. The second-order valence-electron chi connectivity index (χ2n) is 5.04. The van der Waals surface area contributed by atoms with Crippen LogP contribution in [-0.2, 0) is 4.79 Å². The van der Waals surface area contributed by atoms with Crippen molar-refractivity contribution in [2.75, 3.05) is 0 Å². The van der Waals surface area contributed by atoms with Crippen LogP contribution >= 0.6 is 0 Å². The minimum absolute atomic E-state index is 0.333. The molecule has 1 spiro atoms. The van der Waals surface area contributed by atoms with Crippen LogP contribution in [0.2, 0.25) is 0 Å². The fourth-order valence-corrected chi connectivity index (χ4v) is 4.13. The number of ketones is 1. The van der Waals surface area contributed by atoms with E-state index in [0.29, 0.717) is 17.1 Å². The van der Waals surface area contributed by atoms with Crippen LogP contribution in [-0.4, -0.2) is 5.78 Å². The standard InChI is InChI=1S/C12H16O/c1-8-7-9-3-2-5-12(9)6-4-10(13)11(8)12/h7,9,11H,2-6H2,1H3/t9-,11+,12+/m0/s1. The molecule has 0 saturated heterocycles. The third-order valence-electron chi connectivity index (χ3n) is 4.55. The zero-order chi connectivity index (χ0) is 9.05. The lowest BCUT2D eigenvalue weighted by Gasteiger charge is -2.29. The quantitative estimate of drug-likeness (QED) is 0.519. The van der Waals surface area contributed by atoms with Gasteiger partial charge in [-0.3, -0.25) is 4.79 Å². The summed E-state index contributed by atoms with van der Waals surface area (Å²) < 4.78 is 0. The molecule has 0 amide bonds. The lowest BCUT2D eigenvalue weighted by Crippen LogP contribution is -2.26. The number of hydrogen-bond acceptors (Lipinski definition) is 1. The molecule has 1 heteroatoms. The predicted octanol–water partition coefficient (Wildman–Crippen LogP) is 2.71. The van der Waals surface area contributed by atoms with Crippen LogP contribution < -0.4 is 0 Å². The zero-order valence-electron chi connectivity index (χ0n) is 8.18. The molecule has 2 fully saturated rings. The lowest BCUT2D eigenvalue weighted by atomic mass is 9.73. The maximum absolute atomic E-state index is 11.8. The van der Waals surface area contributed by atoms with Gasteiger partial charge in [-0.05, 0) is 37.5 Å². The summed E-state index contributed by atoms with van der Waals surface area (Å²) in [7, 11) is 0. The lowest BCUT2D eigenvalue weighted by molar-refractivity contribution is -0.120. The predicted molar refractivity (Wildman–Crippen MR) is 51.3 cm³/mol. The first-order valence-electron chi connectivity index (χ1n) is 5.45. The van der Waals surface area contributed by atoms with Gasteiger partial charge in [0.1, 0.15) is 5.78 Å². The minimum Gasteiger partial charge on any atom is -0.299 e. The van der Waals surface area contributed by atoms with E-state index in [1.165, 1.54) is 31.3 Å². The van der Waals surface area contributed by atoms with Gasteiger partial charge in [0.05, 0.1) is 0 Å². The van der Waals surface area contributed by atoms with E-state index in [2.05, 4.69) is 13.0 Å². The molecule has 3 aliphatic carbocycles. The van der Waals surface area contributed by atoms with E-state index in [-0.39, 0.29) is 0 Å². The fraction of sp³-hybridized carbons (Fsp3) is 0.750. The molecule has 3 atom stereocenters. The zero-order valence-corrected chi connectivity index (χ0v) is 8.18. The topological polar surface area (TPSA) is 17.1 Å². The Hall–Kier alpha value is -0.590. The Morgan fingerprint density at radius 2 is 2.31 bits per heavy atom. The second-order valence-corrected chi connectivity index (χ2v) is 5.04. The van der Waals surface area contributed by atoms with Crippen LogP contribution in [0, 0.1) is 17.3 Å². The highest BCUT2D eigenvalue weighted by atomic mass is 16.1. The molecule has 13 heavy (non-hydrogen) atoms. The van der Waals surface area contributed by atoms with Crippen LogP contribution in [0.15, 0.2) is 11.6 Å². The van der Waals surface area contributed by atoms with Crippen LogP contribution in [0.3, 0.4) is 0 Å². The van der Waals surface area contributed by atoms with Crippen molar-refractivity contribution < 1.29 is 4.79 Å². The van der Waals surface area contributed by atoms with Crippen molar-refractivity contribution in [1.82, 2.24) is 0 Å². The van der Waals surface area contributed by atoms with Crippen LogP contribution in [0.25, 0.3) is 0 Å². The van der Waals surface area contributed by atoms with Crippen LogP contribution in [0.4, 0.5) is 0 Å². The minimum atomic E-state index is 0.333. The molecule has 0 aliphatic heterocycles. The van der Waals surface area contributed by atoms with E-state index in [1.807, 2.05) is 0 Å². The molecule has 70 valence electrons. The first-order valence-corrected chi connectivity index (χ1v) is 5.45. The second kappa shape index (κ2) is 2.26. The number of allylic oxidation sites excluding steroid dienone is 2. The van der Waals surface area contributed by atoms with Crippen LogP contribution in [0.1, 0.15) is 39.0 Å². The summed E-state index contributed by atoms with van der Waals surface area (Å²) in [4.78, 5) is 11.8. The Bertz CT molecular complexity index is 302. The summed E-state index contributed by atoms with van der Waals surface area (Å²) in [6, 6.07) is 0. The van der Waals surface area contributed by atoms with Gasteiger partial charge in [-0.15, -0.1) is 0 Å².